The molecule has 1 unspecified atom stereocenters. The van der Waals surface area contributed by atoms with Crippen molar-refractivity contribution in [2.75, 3.05) is 19.6 Å². The number of rotatable bonds is 5. The normalized spacial score (nSPS) is 24.1. The lowest BCUT2D eigenvalue weighted by Crippen LogP contribution is -2.35. The quantitative estimate of drug-likeness (QED) is 0.670. The lowest BCUT2D eigenvalue weighted by Gasteiger charge is -2.27. The lowest BCUT2D eigenvalue weighted by molar-refractivity contribution is -0.115. The van der Waals surface area contributed by atoms with E-state index < -0.39 is 0 Å². The van der Waals surface area contributed by atoms with Crippen LogP contribution in [0.4, 0.5) is 0 Å². The summed E-state index contributed by atoms with van der Waals surface area (Å²) in [6, 6.07) is 0. The highest BCUT2D eigenvalue weighted by Crippen LogP contribution is 2.23. The van der Waals surface area contributed by atoms with Crippen molar-refractivity contribution in [3.63, 3.8) is 0 Å². The molecule has 1 aliphatic heterocycles. The molecule has 0 aromatic heterocycles. The molecule has 1 aliphatic rings. The first-order valence-corrected chi connectivity index (χ1v) is 6.76. The third-order valence-electron chi connectivity index (χ3n) is 3.59. The summed E-state index contributed by atoms with van der Waals surface area (Å²) in [6.45, 7) is 9.63. The van der Waals surface area contributed by atoms with Crippen molar-refractivity contribution in [1.29, 1.82) is 0 Å². The molecule has 1 rings (SSSR count). The summed E-state index contributed by atoms with van der Waals surface area (Å²) < 4.78 is 0. The van der Waals surface area contributed by atoms with E-state index in [4.69, 9.17) is 0 Å². The number of hydrogen-bond donors (Lipinski definition) is 0. The number of carbonyl (C=O) groups excluding carboxylic acids is 1. The summed E-state index contributed by atoms with van der Waals surface area (Å²) in [5.74, 6) is 0.925. The van der Waals surface area contributed by atoms with Crippen LogP contribution in [0.5, 0.6) is 0 Å². The zero-order valence-corrected chi connectivity index (χ0v) is 11.2. The van der Waals surface area contributed by atoms with Crippen LogP contribution in [0.15, 0.2) is 0 Å². The maximum absolute atomic E-state index is 10.9. The molecule has 0 bridgehead atoms. The van der Waals surface area contributed by atoms with E-state index in [1.54, 1.807) is 0 Å². The zero-order chi connectivity index (χ0) is 12.0. The van der Waals surface area contributed by atoms with Gasteiger partial charge in [0.1, 0.15) is 6.29 Å². The zero-order valence-electron chi connectivity index (χ0n) is 11.2. The van der Waals surface area contributed by atoms with Crippen LogP contribution in [0.1, 0.15) is 52.9 Å². The van der Waals surface area contributed by atoms with Crippen LogP contribution in [0, 0.1) is 11.3 Å². The van der Waals surface area contributed by atoms with Gasteiger partial charge in [0.15, 0.2) is 0 Å². The molecule has 2 nitrogen and oxygen atoms in total. The first-order valence-electron chi connectivity index (χ1n) is 6.76. The van der Waals surface area contributed by atoms with E-state index in [0.29, 0.717) is 0 Å². The predicted molar refractivity (Wildman–Crippen MR) is 68.5 cm³/mol. The standard InChI is InChI=1S/C14H27NO/c1-4-6-13-7-5-9-15(10-8-13)11-14(2,3)12-16/h12-13H,4-11H2,1-3H3. The monoisotopic (exact) mass is 225 g/mol. The molecule has 0 saturated carbocycles. The van der Waals surface area contributed by atoms with Crippen LogP contribution in [-0.2, 0) is 4.79 Å². The van der Waals surface area contributed by atoms with Gasteiger partial charge in [0.25, 0.3) is 0 Å². The highest BCUT2D eigenvalue weighted by Gasteiger charge is 2.23. The van der Waals surface area contributed by atoms with Gasteiger partial charge >= 0.3 is 0 Å². The number of carbonyl (C=O) groups is 1. The number of hydrogen-bond acceptors (Lipinski definition) is 2. The number of aldehydes is 1. The first kappa shape index (κ1) is 13.7. The van der Waals surface area contributed by atoms with Crippen LogP contribution in [0.2, 0.25) is 0 Å². The molecule has 0 aromatic rings. The minimum absolute atomic E-state index is 0.176. The van der Waals surface area contributed by atoms with Crippen molar-refractivity contribution >= 4 is 6.29 Å². The Balaban J connectivity index is 2.38. The van der Waals surface area contributed by atoms with Crippen molar-refractivity contribution < 1.29 is 4.79 Å². The predicted octanol–water partition coefficient (Wildman–Crippen LogP) is 3.11. The maximum atomic E-state index is 10.9. The van der Waals surface area contributed by atoms with E-state index in [-0.39, 0.29) is 5.41 Å². The van der Waals surface area contributed by atoms with Crippen molar-refractivity contribution in [3.05, 3.63) is 0 Å². The van der Waals surface area contributed by atoms with E-state index in [1.807, 2.05) is 13.8 Å². The Kier molecular flexibility index (Phi) is 5.47. The summed E-state index contributed by atoms with van der Waals surface area (Å²) in [7, 11) is 0. The van der Waals surface area contributed by atoms with E-state index >= 15 is 0 Å². The summed E-state index contributed by atoms with van der Waals surface area (Å²) in [5.41, 5.74) is -0.176. The molecule has 0 amide bonds. The van der Waals surface area contributed by atoms with Gasteiger partial charge in [-0.15, -0.1) is 0 Å². The molecule has 0 spiro atoms. The Labute approximate surface area is 100 Å². The smallest absolute Gasteiger partial charge is 0.126 e. The third-order valence-corrected chi connectivity index (χ3v) is 3.59. The summed E-state index contributed by atoms with van der Waals surface area (Å²) in [6.07, 6.45) is 7.80. The van der Waals surface area contributed by atoms with E-state index in [9.17, 15) is 4.79 Å². The van der Waals surface area contributed by atoms with Gasteiger partial charge in [0, 0.05) is 12.0 Å². The highest BCUT2D eigenvalue weighted by molar-refractivity contribution is 5.58. The second kappa shape index (κ2) is 6.39. The third kappa shape index (κ3) is 4.65. The molecular weight excluding hydrogens is 198 g/mol. The second-order valence-corrected chi connectivity index (χ2v) is 5.97. The van der Waals surface area contributed by atoms with Crippen LogP contribution < -0.4 is 0 Å². The van der Waals surface area contributed by atoms with Gasteiger partial charge in [-0.3, -0.25) is 0 Å². The largest absolute Gasteiger partial charge is 0.303 e. The SMILES string of the molecule is CCCC1CCCN(CC(C)(C)C=O)CC1. The fourth-order valence-corrected chi connectivity index (χ4v) is 2.69. The molecule has 1 saturated heterocycles. The Morgan fingerprint density at radius 2 is 2.06 bits per heavy atom. The van der Waals surface area contributed by atoms with Gasteiger partial charge < -0.3 is 9.69 Å². The molecule has 16 heavy (non-hydrogen) atoms. The lowest BCUT2D eigenvalue weighted by atomic mass is 9.94. The van der Waals surface area contributed by atoms with E-state index in [0.717, 1.165) is 18.7 Å². The topological polar surface area (TPSA) is 20.3 Å². The summed E-state index contributed by atoms with van der Waals surface area (Å²) in [4.78, 5) is 13.4. The molecule has 1 heterocycles. The van der Waals surface area contributed by atoms with E-state index in [1.165, 1.54) is 45.2 Å². The average Bonchev–Trinajstić information content (AvgIpc) is 2.44. The van der Waals surface area contributed by atoms with Crippen LogP contribution in [-0.4, -0.2) is 30.8 Å². The molecule has 0 aromatic carbocycles. The maximum Gasteiger partial charge on any atom is 0.126 e. The molecule has 0 radical (unpaired) electrons. The van der Waals surface area contributed by atoms with Crippen molar-refractivity contribution in [2.45, 2.75) is 52.9 Å². The Morgan fingerprint density at radius 3 is 2.69 bits per heavy atom. The van der Waals surface area contributed by atoms with Crippen LogP contribution >= 0.6 is 0 Å². The van der Waals surface area contributed by atoms with Gasteiger partial charge in [-0.05, 0) is 38.3 Å². The van der Waals surface area contributed by atoms with Crippen molar-refractivity contribution in [1.82, 2.24) is 4.90 Å². The fraction of sp³-hybridized carbons (Fsp3) is 0.929. The molecule has 0 N–H and O–H groups in total. The molecule has 1 atom stereocenters. The van der Waals surface area contributed by atoms with Crippen molar-refractivity contribution in [3.8, 4) is 0 Å². The number of nitrogens with zero attached hydrogens (tertiary/aromatic N) is 1. The minimum atomic E-state index is -0.176. The molecule has 94 valence electrons. The van der Waals surface area contributed by atoms with Gasteiger partial charge in [-0.2, -0.15) is 0 Å². The highest BCUT2D eigenvalue weighted by atomic mass is 16.1. The van der Waals surface area contributed by atoms with E-state index in [2.05, 4.69) is 11.8 Å². The molecular formula is C14H27NO. The minimum Gasteiger partial charge on any atom is -0.303 e. The Morgan fingerprint density at radius 1 is 1.31 bits per heavy atom. The summed E-state index contributed by atoms with van der Waals surface area (Å²) in [5, 5.41) is 0. The molecule has 0 aliphatic carbocycles. The molecule has 1 fully saturated rings. The average molecular weight is 225 g/mol. The second-order valence-electron chi connectivity index (χ2n) is 5.97. The van der Waals surface area contributed by atoms with Crippen LogP contribution in [0.3, 0.4) is 0 Å². The van der Waals surface area contributed by atoms with Crippen LogP contribution in [0.25, 0.3) is 0 Å². The Bertz CT molecular complexity index is 213. The van der Waals surface area contributed by atoms with Gasteiger partial charge in [-0.1, -0.05) is 33.6 Å². The Hall–Kier alpha value is -0.370. The van der Waals surface area contributed by atoms with Gasteiger partial charge in [-0.25, -0.2) is 0 Å². The summed E-state index contributed by atoms with van der Waals surface area (Å²) >= 11 is 0. The van der Waals surface area contributed by atoms with Gasteiger partial charge in [0.05, 0.1) is 0 Å². The molecule has 2 heteroatoms. The van der Waals surface area contributed by atoms with Gasteiger partial charge in [0.2, 0.25) is 0 Å². The van der Waals surface area contributed by atoms with Crippen molar-refractivity contribution in [2.24, 2.45) is 11.3 Å². The fourth-order valence-electron chi connectivity index (χ4n) is 2.69. The first-order chi connectivity index (χ1) is 7.57. The number of likely N-dealkylation sites (tertiary alicyclic amines) is 1.